The van der Waals surface area contributed by atoms with Gasteiger partial charge in [0.1, 0.15) is 0 Å². The minimum Gasteiger partial charge on any atom is -0.396 e. The summed E-state index contributed by atoms with van der Waals surface area (Å²) >= 11 is 0. The van der Waals surface area contributed by atoms with Crippen LogP contribution in [0.1, 0.15) is 31.7 Å². The molecule has 0 amide bonds. The van der Waals surface area contributed by atoms with Gasteiger partial charge in [0.15, 0.2) is 5.82 Å². The first kappa shape index (κ1) is 10.3. The van der Waals surface area contributed by atoms with Gasteiger partial charge in [0.25, 0.3) is 0 Å². The second-order valence-corrected chi connectivity index (χ2v) is 4.26. The summed E-state index contributed by atoms with van der Waals surface area (Å²) in [4.78, 5) is 6.78. The molecule has 2 heterocycles. The van der Waals surface area contributed by atoms with Crippen LogP contribution in [-0.4, -0.2) is 17.6 Å². The molecule has 0 aromatic carbocycles. The van der Waals surface area contributed by atoms with Gasteiger partial charge >= 0.3 is 0 Å². The molecule has 0 aliphatic carbocycles. The van der Waals surface area contributed by atoms with Crippen LogP contribution in [0.3, 0.4) is 0 Å². The molecule has 2 N–H and O–H groups in total. The van der Waals surface area contributed by atoms with E-state index in [9.17, 15) is 0 Å². The fourth-order valence-corrected chi connectivity index (χ4v) is 2.32. The molecule has 0 radical (unpaired) electrons. The van der Waals surface area contributed by atoms with Crippen molar-refractivity contribution in [2.75, 3.05) is 17.2 Å². The van der Waals surface area contributed by atoms with E-state index in [0.717, 1.165) is 23.6 Å². The van der Waals surface area contributed by atoms with E-state index >= 15 is 0 Å². The minimum absolute atomic E-state index is 0.626. The van der Waals surface area contributed by atoms with E-state index in [0.29, 0.717) is 6.04 Å². The van der Waals surface area contributed by atoms with Gasteiger partial charge in [0.2, 0.25) is 0 Å². The maximum atomic E-state index is 6.08. The van der Waals surface area contributed by atoms with E-state index in [4.69, 9.17) is 5.73 Å². The molecule has 1 aliphatic rings. The molecule has 0 spiro atoms. The number of pyridine rings is 1. The third kappa shape index (κ3) is 1.78. The molecule has 1 atom stereocenters. The van der Waals surface area contributed by atoms with Gasteiger partial charge in [-0.3, -0.25) is 0 Å². The van der Waals surface area contributed by atoms with Crippen molar-refractivity contribution in [2.24, 2.45) is 0 Å². The van der Waals surface area contributed by atoms with Crippen LogP contribution in [0.5, 0.6) is 0 Å². The Hall–Kier alpha value is -1.25. The molecule has 0 saturated carbocycles. The summed E-state index contributed by atoms with van der Waals surface area (Å²) in [5, 5.41) is 0. The Bertz CT molecular complexity index is 349. The van der Waals surface area contributed by atoms with Crippen molar-refractivity contribution in [1.82, 2.24) is 4.98 Å². The molecule has 1 aromatic rings. The fourth-order valence-electron chi connectivity index (χ4n) is 2.32. The lowest BCUT2D eigenvalue weighted by Crippen LogP contribution is -2.30. The standard InChI is InChI=1S/C12H19N3/c1-3-10-5-4-8-15(10)12-11(13)9(2)6-7-14-12/h6-7,10H,3-5,8,13H2,1-2H3. The lowest BCUT2D eigenvalue weighted by Gasteiger charge is -2.26. The summed E-state index contributed by atoms with van der Waals surface area (Å²) in [6.45, 7) is 5.37. The Labute approximate surface area is 91.3 Å². The Balaban J connectivity index is 2.32. The molecule has 82 valence electrons. The molecular formula is C12H19N3. The Morgan fingerprint density at radius 3 is 3.13 bits per heavy atom. The molecular weight excluding hydrogens is 186 g/mol. The Morgan fingerprint density at radius 1 is 1.60 bits per heavy atom. The number of rotatable bonds is 2. The molecule has 3 heteroatoms. The van der Waals surface area contributed by atoms with Gasteiger partial charge in [-0.25, -0.2) is 4.98 Å². The predicted octanol–water partition coefficient (Wildman–Crippen LogP) is 2.35. The number of aromatic nitrogens is 1. The number of nitrogens with two attached hydrogens (primary N) is 1. The SMILES string of the molecule is CCC1CCCN1c1nccc(C)c1N. The summed E-state index contributed by atoms with van der Waals surface area (Å²) in [6.07, 6.45) is 5.56. The summed E-state index contributed by atoms with van der Waals surface area (Å²) < 4.78 is 0. The van der Waals surface area contributed by atoms with E-state index in [1.807, 2.05) is 19.2 Å². The van der Waals surface area contributed by atoms with Crippen LogP contribution < -0.4 is 10.6 Å². The van der Waals surface area contributed by atoms with Crippen LogP contribution in [0.15, 0.2) is 12.3 Å². The van der Waals surface area contributed by atoms with Gasteiger partial charge < -0.3 is 10.6 Å². The summed E-state index contributed by atoms with van der Waals surface area (Å²) in [6, 6.07) is 2.59. The van der Waals surface area contributed by atoms with Crippen molar-refractivity contribution in [2.45, 2.75) is 39.2 Å². The van der Waals surface area contributed by atoms with Crippen LogP contribution in [0.4, 0.5) is 11.5 Å². The number of anilines is 2. The molecule has 1 saturated heterocycles. The molecule has 1 aliphatic heterocycles. The highest BCUT2D eigenvalue weighted by atomic mass is 15.2. The zero-order valence-electron chi connectivity index (χ0n) is 9.53. The number of hydrogen-bond acceptors (Lipinski definition) is 3. The Kier molecular flexibility index (Phi) is 2.80. The quantitative estimate of drug-likeness (QED) is 0.806. The van der Waals surface area contributed by atoms with E-state index in [1.165, 1.54) is 19.3 Å². The summed E-state index contributed by atoms with van der Waals surface area (Å²) in [5.74, 6) is 0.986. The van der Waals surface area contributed by atoms with Gasteiger partial charge in [-0.2, -0.15) is 0 Å². The minimum atomic E-state index is 0.626. The van der Waals surface area contributed by atoms with Gasteiger partial charge in [-0.1, -0.05) is 6.92 Å². The number of nitrogen functional groups attached to an aromatic ring is 1. The summed E-state index contributed by atoms with van der Waals surface area (Å²) in [7, 11) is 0. The normalized spacial score (nSPS) is 20.9. The molecule has 1 unspecified atom stereocenters. The van der Waals surface area contributed by atoms with Crippen molar-refractivity contribution >= 4 is 11.5 Å². The third-order valence-corrected chi connectivity index (χ3v) is 3.31. The van der Waals surface area contributed by atoms with Crippen molar-refractivity contribution in [3.05, 3.63) is 17.8 Å². The molecule has 0 bridgehead atoms. The van der Waals surface area contributed by atoms with Gasteiger partial charge in [0, 0.05) is 18.8 Å². The highest BCUT2D eigenvalue weighted by Gasteiger charge is 2.25. The van der Waals surface area contributed by atoms with Gasteiger partial charge in [-0.05, 0) is 37.8 Å². The molecule has 2 rings (SSSR count). The van der Waals surface area contributed by atoms with E-state index in [1.54, 1.807) is 0 Å². The first-order valence-corrected chi connectivity index (χ1v) is 5.71. The lowest BCUT2D eigenvalue weighted by atomic mass is 10.1. The van der Waals surface area contributed by atoms with Crippen LogP contribution in [-0.2, 0) is 0 Å². The third-order valence-electron chi connectivity index (χ3n) is 3.31. The van der Waals surface area contributed by atoms with Crippen molar-refractivity contribution < 1.29 is 0 Å². The Morgan fingerprint density at radius 2 is 2.40 bits per heavy atom. The van der Waals surface area contributed by atoms with Crippen molar-refractivity contribution in [3.8, 4) is 0 Å². The average molecular weight is 205 g/mol. The first-order chi connectivity index (χ1) is 7.24. The average Bonchev–Trinajstić information content (AvgIpc) is 2.70. The van der Waals surface area contributed by atoms with Gasteiger partial charge in [0.05, 0.1) is 5.69 Å². The van der Waals surface area contributed by atoms with Gasteiger partial charge in [-0.15, -0.1) is 0 Å². The maximum absolute atomic E-state index is 6.08. The van der Waals surface area contributed by atoms with Crippen LogP contribution in [0.25, 0.3) is 0 Å². The monoisotopic (exact) mass is 205 g/mol. The predicted molar refractivity (Wildman–Crippen MR) is 64.0 cm³/mol. The second kappa shape index (κ2) is 4.09. The molecule has 15 heavy (non-hydrogen) atoms. The van der Waals surface area contributed by atoms with E-state index in [2.05, 4.69) is 16.8 Å². The van der Waals surface area contributed by atoms with Crippen LogP contribution in [0.2, 0.25) is 0 Å². The van der Waals surface area contributed by atoms with E-state index < -0.39 is 0 Å². The molecule has 1 aromatic heterocycles. The van der Waals surface area contributed by atoms with Crippen molar-refractivity contribution in [3.63, 3.8) is 0 Å². The highest BCUT2D eigenvalue weighted by Crippen LogP contribution is 2.30. The zero-order valence-corrected chi connectivity index (χ0v) is 9.53. The molecule has 3 nitrogen and oxygen atoms in total. The summed E-state index contributed by atoms with van der Waals surface area (Å²) in [5.41, 5.74) is 8.05. The molecule has 1 fully saturated rings. The van der Waals surface area contributed by atoms with Crippen molar-refractivity contribution in [1.29, 1.82) is 0 Å². The largest absolute Gasteiger partial charge is 0.396 e. The number of aryl methyl sites for hydroxylation is 1. The fraction of sp³-hybridized carbons (Fsp3) is 0.583. The topological polar surface area (TPSA) is 42.2 Å². The zero-order chi connectivity index (χ0) is 10.8. The van der Waals surface area contributed by atoms with E-state index in [-0.39, 0.29) is 0 Å². The first-order valence-electron chi connectivity index (χ1n) is 5.71. The second-order valence-electron chi connectivity index (χ2n) is 4.26. The lowest BCUT2D eigenvalue weighted by molar-refractivity contribution is 0.641. The smallest absolute Gasteiger partial charge is 0.152 e. The number of hydrogen-bond donors (Lipinski definition) is 1. The van der Waals surface area contributed by atoms with Crippen LogP contribution in [0, 0.1) is 6.92 Å². The maximum Gasteiger partial charge on any atom is 0.152 e. The van der Waals surface area contributed by atoms with Crippen LogP contribution >= 0.6 is 0 Å². The highest BCUT2D eigenvalue weighted by molar-refractivity contribution is 5.67. The number of nitrogens with zero attached hydrogens (tertiary/aromatic N) is 2.